The number of piperidine rings is 1. The molecule has 2 fully saturated rings. The molecule has 2 amide bonds. The second kappa shape index (κ2) is 9.45. The molecule has 1 atom stereocenters. The first-order valence-electron chi connectivity index (χ1n) is 11.2. The SMILES string of the molecule is Cc1cc(N2CCN(C(=O)NC3CCCN(c4ncccn4)C3)CC2)nc(C(C)C)n1. The zero-order chi connectivity index (χ0) is 21.8. The Bertz CT molecular complexity index is 882. The predicted molar refractivity (Wildman–Crippen MR) is 120 cm³/mol. The van der Waals surface area contributed by atoms with Crippen molar-refractivity contribution < 1.29 is 4.79 Å². The number of carbonyl (C=O) groups excluding carboxylic acids is 1. The van der Waals surface area contributed by atoms with Gasteiger partial charge < -0.3 is 20.0 Å². The predicted octanol–water partition coefficient (Wildman–Crippen LogP) is 2.20. The molecule has 1 N–H and O–H groups in total. The van der Waals surface area contributed by atoms with Crippen LogP contribution in [0.4, 0.5) is 16.6 Å². The van der Waals surface area contributed by atoms with Gasteiger partial charge >= 0.3 is 6.03 Å². The number of hydrogen-bond donors (Lipinski definition) is 1. The Hall–Kier alpha value is -2.97. The molecule has 166 valence electrons. The molecule has 4 heterocycles. The number of anilines is 2. The van der Waals surface area contributed by atoms with Gasteiger partial charge in [0.15, 0.2) is 0 Å². The van der Waals surface area contributed by atoms with Gasteiger partial charge in [0.1, 0.15) is 11.6 Å². The molecule has 2 aromatic heterocycles. The maximum Gasteiger partial charge on any atom is 0.317 e. The number of nitrogens with one attached hydrogen (secondary N) is 1. The molecule has 0 aromatic carbocycles. The molecular weight excluding hydrogens is 392 g/mol. The molecule has 0 saturated carbocycles. The third-order valence-electron chi connectivity index (χ3n) is 5.85. The molecule has 4 rings (SSSR count). The van der Waals surface area contributed by atoms with Crippen molar-refractivity contribution in [3.05, 3.63) is 36.0 Å². The maximum atomic E-state index is 12.9. The van der Waals surface area contributed by atoms with Crippen LogP contribution in [0.3, 0.4) is 0 Å². The summed E-state index contributed by atoms with van der Waals surface area (Å²) in [6.07, 6.45) is 5.51. The fourth-order valence-corrected chi connectivity index (χ4v) is 4.13. The van der Waals surface area contributed by atoms with Crippen LogP contribution in [0, 0.1) is 6.92 Å². The quantitative estimate of drug-likeness (QED) is 0.805. The summed E-state index contributed by atoms with van der Waals surface area (Å²) in [5.41, 5.74) is 0.984. The number of nitrogens with zero attached hydrogens (tertiary/aromatic N) is 7. The lowest BCUT2D eigenvalue weighted by Crippen LogP contribution is -2.56. The molecule has 2 aromatic rings. The molecule has 0 aliphatic carbocycles. The highest BCUT2D eigenvalue weighted by Crippen LogP contribution is 2.19. The van der Waals surface area contributed by atoms with Crippen LogP contribution in [-0.4, -0.2) is 76.2 Å². The van der Waals surface area contributed by atoms with Gasteiger partial charge in [-0.2, -0.15) is 0 Å². The average molecular weight is 425 g/mol. The van der Waals surface area contributed by atoms with Crippen molar-refractivity contribution in [1.82, 2.24) is 30.2 Å². The number of piperazine rings is 1. The van der Waals surface area contributed by atoms with Crippen molar-refractivity contribution in [2.75, 3.05) is 49.1 Å². The van der Waals surface area contributed by atoms with Crippen molar-refractivity contribution in [1.29, 1.82) is 0 Å². The summed E-state index contributed by atoms with van der Waals surface area (Å²) >= 11 is 0. The van der Waals surface area contributed by atoms with Crippen molar-refractivity contribution in [2.24, 2.45) is 0 Å². The minimum absolute atomic E-state index is 0.0159. The summed E-state index contributed by atoms with van der Waals surface area (Å²) in [6.45, 7) is 10.8. The van der Waals surface area contributed by atoms with Gasteiger partial charge in [-0.3, -0.25) is 0 Å². The summed E-state index contributed by atoms with van der Waals surface area (Å²) in [5.74, 6) is 2.86. The van der Waals surface area contributed by atoms with Crippen LogP contribution in [0.2, 0.25) is 0 Å². The maximum absolute atomic E-state index is 12.9. The van der Waals surface area contributed by atoms with Crippen LogP contribution in [0.25, 0.3) is 0 Å². The summed E-state index contributed by atoms with van der Waals surface area (Å²) < 4.78 is 0. The zero-order valence-corrected chi connectivity index (χ0v) is 18.7. The molecular formula is C22H32N8O. The van der Waals surface area contributed by atoms with E-state index in [1.54, 1.807) is 12.4 Å². The Kier molecular flexibility index (Phi) is 6.48. The number of hydrogen-bond acceptors (Lipinski definition) is 7. The Balaban J connectivity index is 1.30. The summed E-state index contributed by atoms with van der Waals surface area (Å²) in [6, 6.07) is 3.98. The second-order valence-corrected chi connectivity index (χ2v) is 8.64. The van der Waals surface area contributed by atoms with Gasteiger partial charge in [0.2, 0.25) is 5.95 Å². The largest absolute Gasteiger partial charge is 0.353 e. The van der Waals surface area contributed by atoms with E-state index in [1.165, 1.54) is 0 Å². The summed E-state index contributed by atoms with van der Waals surface area (Å²) in [5, 5.41) is 3.22. The Morgan fingerprint density at radius 3 is 2.52 bits per heavy atom. The Morgan fingerprint density at radius 1 is 1.06 bits per heavy atom. The van der Waals surface area contributed by atoms with Crippen LogP contribution in [0.1, 0.15) is 44.1 Å². The number of aromatic nitrogens is 4. The third kappa shape index (κ3) is 5.21. The van der Waals surface area contributed by atoms with E-state index in [4.69, 9.17) is 4.98 Å². The summed E-state index contributed by atoms with van der Waals surface area (Å²) in [7, 11) is 0. The molecule has 0 spiro atoms. The highest BCUT2D eigenvalue weighted by Gasteiger charge is 2.27. The van der Waals surface area contributed by atoms with E-state index < -0.39 is 0 Å². The second-order valence-electron chi connectivity index (χ2n) is 8.64. The number of amides is 2. The first-order chi connectivity index (χ1) is 15.0. The number of carbonyl (C=O) groups is 1. The fourth-order valence-electron chi connectivity index (χ4n) is 4.13. The highest BCUT2D eigenvalue weighted by molar-refractivity contribution is 5.75. The van der Waals surface area contributed by atoms with Gasteiger partial charge in [-0.15, -0.1) is 0 Å². The zero-order valence-electron chi connectivity index (χ0n) is 18.7. The molecule has 9 nitrogen and oxygen atoms in total. The molecule has 0 bridgehead atoms. The lowest BCUT2D eigenvalue weighted by molar-refractivity contribution is 0.188. The van der Waals surface area contributed by atoms with Crippen LogP contribution >= 0.6 is 0 Å². The number of rotatable bonds is 4. The molecule has 31 heavy (non-hydrogen) atoms. The van der Waals surface area contributed by atoms with E-state index in [-0.39, 0.29) is 12.1 Å². The number of urea groups is 1. The minimum Gasteiger partial charge on any atom is -0.353 e. The van der Waals surface area contributed by atoms with Crippen LogP contribution in [0.15, 0.2) is 24.5 Å². The van der Waals surface area contributed by atoms with Gasteiger partial charge in [0, 0.05) is 75.4 Å². The van der Waals surface area contributed by atoms with Gasteiger partial charge in [-0.05, 0) is 25.8 Å². The molecule has 9 heteroatoms. The first-order valence-corrected chi connectivity index (χ1v) is 11.2. The van der Waals surface area contributed by atoms with Crippen molar-refractivity contribution >= 4 is 17.8 Å². The van der Waals surface area contributed by atoms with E-state index in [1.807, 2.05) is 24.0 Å². The van der Waals surface area contributed by atoms with Crippen LogP contribution in [-0.2, 0) is 0 Å². The van der Waals surface area contributed by atoms with Crippen molar-refractivity contribution in [3.8, 4) is 0 Å². The fraction of sp³-hybridized carbons (Fsp3) is 0.591. The lowest BCUT2D eigenvalue weighted by atomic mass is 10.1. The average Bonchev–Trinajstić information content (AvgIpc) is 2.79. The topological polar surface area (TPSA) is 90.4 Å². The molecule has 2 aliphatic heterocycles. The van der Waals surface area contributed by atoms with Crippen molar-refractivity contribution in [3.63, 3.8) is 0 Å². The Morgan fingerprint density at radius 2 is 1.81 bits per heavy atom. The molecule has 2 aliphatic rings. The van der Waals surface area contributed by atoms with E-state index in [2.05, 4.69) is 43.9 Å². The van der Waals surface area contributed by atoms with Gasteiger partial charge in [-0.25, -0.2) is 24.7 Å². The monoisotopic (exact) mass is 424 g/mol. The number of aryl methyl sites for hydroxylation is 1. The van der Waals surface area contributed by atoms with Crippen molar-refractivity contribution in [2.45, 2.75) is 45.6 Å². The van der Waals surface area contributed by atoms with E-state index >= 15 is 0 Å². The van der Waals surface area contributed by atoms with Crippen LogP contribution < -0.4 is 15.1 Å². The van der Waals surface area contributed by atoms with Crippen LogP contribution in [0.5, 0.6) is 0 Å². The van der Waals surface area contributed by atoms with Gasteiger partial charge in [0.05, 0.1) is 0 Å². The highest BCUT2D eigenvalue weighted by atomic mass is 16.2. The molecule has 0 radical (unpaired) electrons. The van der Waals surface area contributed by atoms with E-state index in [9.17, 15) is 4.79 Å². The standard InChI is InChI=1S/C22H32N8O/c1-16(2)20-25-17(3)14-19(27-20)28-10-12-29(13-11-28)22(31)26-18-6-4-9-30(15-18)21-23-7-5-8-24-21/h5,7-8,14,16,18H,4,6,9-13,15H2,1-3H3,(H,26,31). The van der Waals surface area contributed by atoms with E-state index in [0.29, 0.717) is 19.0 Å². The first kappa shape index (κ1) is 21.3. The smallest absolute Gasteiger partial charge is 0.317 e. The summed E-state index contributed by atoms with van der Waals surface area (Å²) in [4.78, 5) is 37.1. The minimum atomic E-state index is 0.0159. The van der Waals surface area contributed by atoms with Gasteiger partial charge in [-0.1, -0.05) is 13.8 Å². The van der Waals surface area contributed by atoms with E-state index in [0.717, 1.165) is 62.3 Å². The van der Waals surface area contributed by atoms with Gasteiger partial charge in [0.25, 0.3) is 0 Å². The normalized spacial score (nSPS) is 19.6. The molecule has 1 unspecified atom stereocenters. The lowest BCUT2D eigenvalue weighted by Gasteiger charge is -2.38. The Labute approximate surface area is 183 Å². The third-order valence-corrected chi connectivity index (χ3v) is 5.85. The molecule has 2 saturated heterocycles.